The third kappa shape index (κ3) is 5.17. The SMILES string of the molecule is CC(C)CNCC(Cc1cncc(Br)c1)C1CCCC1. The maximum absolute atomic E-state index is 4.31. The standard InChI is InChI=1S/C17H27BrN2/c1-13(2)9-19-11-16(15-5-3-4-6-15)7-14-8-17(18)12-20-10-14/h8,10,12-13,15-16,19H,3-7,9,11H2,1-2H3. The van der Waals surface area contributed by atoms with E-state index in [1.807, 2.05) is 12.4 Å². The van der Waals surface area contributed by atoms with E-state index in [1.54, 1.807) is 0 Å². The first-order valence-corrected chi connectivity index (χ1v) is 8.74. The lowest BCUT2D eigenvalue weighted by atomic mass is 9.86. The Labute approximate surface area is 131 Å². The van der Waals surface area contributed by atoms with Crippen molar-refractivity contribution in [2.75, 3.05) is 13.1 Å². The molecule has 20 heavy (non-hydrogen) atoms. The highest BCUT2D eigenvalue weighted by molar-refractivity contribution is 9.10. The van der Waals surface area contributed by atoms with E-state index >= 15 is 0 Å². The molecule has 1 aliphatic rings. The zero-order chi connectivity index (χ0) is 14.4. The van der Waals surface area contributed by atoms with Crippen molar-refractivity contribution >= 4 is 15.9 Å². The number of nitrogens with one attached hydrogen (secondary N) is 1. The van der Waals surface area contributed by atoms with Gasteiger partial charge >= 0.3 is 0 Å². The number of halogens is 1. The monoisotopic (exact) mass is 338 g/mol. The molecule has 1 unspecified atom stereocenters. The highest BCUT2D eigenvalue weighted by Gasteiger charge is 2.25. The van der Waals surface area contributed by atoms with Crippen molar-refractivity contribution in [3.63, 3.8) is 0 Å². The summed E-state index contributed by atoms with van der Waals surface area (Å²) in [6, 6.07) is 2.22. The van der Waals surface area contributed by atoms with Crippen LogP contribution >= 0.6 is 15.9 Å². The zero-order valence-electron chi connectivity index (χ0n) is 12.7. The van der Waals surface area contributed by atoms with Crippen molar-refractivity contribution in [1.82, 2.24) is 10.3 Å². The van der Waals surface area contributed by atoms with Gasteiger partial charge in [0.15, 0.2) is 0 Å². The number of hydrogen-bond donors (Lipinski definition) is 1. The third-order valence-corrected chi connectivity index (χ3v) is 4.72. The van der Waals surface area contributed by atoms with Crippen molar-refractivity contribution in [2.45, 2.75) is 46.0 Å². The van der Waals surface area contributed by atoms with E-state index in [9.17, 15) is 0 Å². The molecule has 3 heteroatoms. The van der Waals surface area contributed by atoms with E-state index in [1.165, 1.54) is 31.2 Å². The molecular weight excluding hydrogens is 312 g/mol. The average Bonchev–Trinajstić information content (AvgIpc) is 2.91. The van der Waals surface area contributed by atoms with Gasteiger partial charge in [-0.1, -0.05) is 39.5 Å². The topological polar surface area (TPSA) is 24.9 Å². The fourth-order valence-corrected chi connectivity index (χ4v) is 3.67. The lowest BCUT2D eigenvalue weighted by Crippen LogP contribution is -2.31. The minimum absolute atomic E-state index is 0.728. The molecule has 112 valence electrons. The second kappa shape index (κ2) is 8.14. The molecule has 0 aliphatic heterocycles. The van der Waals surface area contributed by atoms with E-state index in [4.69, 9.17) is 0 Å². The van der Waals surface area contributed by atoms with Crippen molar-refractivity contribution < 1.29 is 0 Å². The molecule has 1 fully saturated rings. The molecule has 0 saturated heterocycles. The molecule has 1 atom stereocenters. The molecule has 1 aromatic rings. The lowest BCUT2D eigenvalue weighted by molar-refractivity contribution is 0.315. The second-order valence-corrected chi connectivity index (χ2v) is 7.49. The van der Waals surface area contributed by atoms with Gasteiger partial charge in [0.2, 0.25) is 0 Å². The number of pyridine rings is 1. The minimum Gasteiger partial charge on any atom is -0.316 e. The average molecular weight is 339 g/mol. The Morgan fingerprint density at radius 3 is 2.65 bits per heavy atom. The Morgan fingerprint density at radius 1 is 1.25 bits per heavy atom. The van der Waals surface area contributed by atoms with Crippen molar-refractivity contribution in [3.05, 3.63) is 28.5 Å². The normalized spacial score (nSPS) is 17.8. The summed E-state index contributed by atoms with van der Waals surface area (Å²) in [5.74, 6) is 2.38. The molecule has 2 nitrogen and oxygen atoms in total. The number of aromatic nitrogens is 1. The summed E-state index contributed by atoms with van der Waals surface area (Å²) in [6.07, 6.45) is 10.7. The third-order valence-electron chi connectivity index (χ3n) is 4.29. The lowest BCUT2D eigenvalue weighted by Gasteiger charge is -2.24. The Morgan fingerprint density at radius 2 is 2.00 bits per heavy atom. The van der Waals surface area contributed by atoms with Crippen LogP contribution in [0.2, 0.25) is 0 Å². The highest BCUT2D eigenvalue weighted by Crippen LogP contribution is 2.33. The summed E-state index contributed by atoms with van der Waals surface area (Å²) in [5.41, 5.74) is 1.36. The Hall–Kier alpha value is -0.410. The number of nitrogens with zero attached hydrogens (tertiary/aromatic N) is 1. The molecule has 0 bridgehead atoms. The summed E-state index contributed by atoms with van der Waals surface area (Å²) in [4.78, 5) is 4.31. The summed E-state index contributed by atoms with van der Waals surface area (Å²) in [7, 11) is 0. The maximum Gasteiger partial charge on any atom is 0.0410 e. The molecule has 1 N–H and O–H groups in total. The number of rotatable bonds is 7. The van der Waals surface area contributed by atoms with Crippen LogP contribution in [0.5, 0.6) is 0 Å². The Balaban J connectivity index is 1.94. The molecule has 0 aromatic carbocycles. The first-order chi connectivity index (χ1) is 9.65. The molecule has 0 amide bonds. The van der Waals surface area contributed by atoms with Crippen LogP contribution in [-0.4, -0.2) is 18.1 Å². The van der Waals surface area contributed by atoms with Crippen LogP contribution in [0.25, 0.3) is 0 Å². The smallest absolute Gasteiger partial charge is 0.0410 e. The summed E-state index contributed by atoms with van der Waals surface area (Å²) < 4.78 is 1.09. The van der Waals surface area contributed by atoms with Crippen molar-refractivity contribution in [2.24, 2.45) is 17.8 Å². The molecule has 1 aliphatic carbocycles. The van der Waals surface area contributed by atoms with Crippen LogP contribution in [-0.2, 0) is 6.42 Å². The van der Waals surface area contributed by atoms with Gasteiger partial charge in [-0.25, -0.2) is 0 Å². The van der Waals surface area contributed by atoms with Crippen LogP contribution in [0.3, 0.4) is 0 Å². The van der Waals surface area contributed by atoms with Gasteiger partial charge in [-0.3, -0.25) is 4.98 Å². The van der Waals surface area contributed by atoms with Crippen molar-refractivity contribution in [1.29, 1.82) is 0 Å². The summed E-state index contributed by atoms with van der Waals surface area (Å²) in [6.45, 7) is 6.82. The van der Waals surface area contributed by atoms with Gasteiger partial charge < -0.3 is 5.32 Å². The predicted octanol–water partition coefficient (Wildman–Crippen LogP) is 4.44. The van der Waals surface area contributed by atoms with E-state index in [0.717, 1.165) is 41.7 Å². The molecule has 1 aromatic heterocycles. The van der Waals surface area contributed by atoms with Gasteiger partial charge in [-0.05, 0) is 64.8 Å². The molecule has 0 spiro atoms. The molecule has 2 rings (SSSR count). The van der Waals surface area contributed by atoms with E-state index in [0.29, 0.717) is 0 Å². The van der Waals surface area contributed by atoms with Crippen molar-refractivity contribution in [3.8, 4) is 0 Å². The fourth-order valence-electron chi connectivity index (χ4n) is 3.26. The minimum atomic E-state index is 0.728. The highest BCUT2D eigenvalue weighted by atomic mass is 79.9. The van der Waals surface area contributed by atoms with Gasteiger partial charge in [0, 0.05) is 16.9 Å². The molecule has 0 radical (unpaired) electrons. The quantitative estimate of drug-likeness (QED) is 0.794. The van der Waals surface area contributed by atoms with Gasteiger partial charge in [0.25, 0.3) is 0 Å². The predicted molar refractivity (Wildman–Crippen MR) is 88.8 cm³/mol. The first-order valence-electron chi connectivity index (χ1n) is 7.95. The van der Waals surface area contributed by atoms with Crippen LogP contribution in [0, 0.1) is 17.8 Å². The largest absolute Gasteiger partial charge is 0.316 e. The maximum atomic E-state index is 4.31. The fraction of sp³-hybridized carbons (Fsp3) is 0.706. The Kier molecular flexibility index (Phi) is 6.50. The zero-order valence-corrected chi connectivity index (χ0v) is 14.3. The van der Waals surface area contributed by atoms with Gasteiger partial charge in [-0.15, -0.1) is 0 Å². The van der Waals surface area contributed by atoms with Crippen LogP contribution in [0.4, 0.5) is 0 Å². The summed E-state index contributed by atoms with van der Waals surface area (Å²) >= 11 is 3.53. The first kappa shape index (κ1) is 16.0. The van der Waals surface area contributed by atoms with E-state index in [2.05, 4.69) is 46.1 Å². The molecule has 1 heterocycles. The molecular formula is C17H27BrN2. The van der Waals surface area contributed by atoms with Gasteiger partial charge in [0.05, 0.1) is 0 Å². The van der Waals surface area contributed by atoms with Gasteiger partial charge in [-0.2, -0.15) is 0 Å². The van der Waals surface area contributed by atoms with Gasteiger partial charge in [0.1, 0.15) is 0 Å². The molecule has 1 saturated carbocycles. The number of hydrogen-bond acceptors (Lipinski definition) is 2. The van der Waals surface area contributed by atoms with E-state index < -0.39 is 0 Å². The van der Waals surface area contributed by atoms with Crippen LogP contribution in [0.15, 0.2) is 22.9 Å². The second-order valence-electron chi connectivity index (χ2n) is 6.57. The van der Waals surface area contributed by atoms with E-state index in [-0.39, 0.29) is 0 Å². The summed E-state index contributed by atoms with van der Waals surface area (Å²) in [5, 5.41) is 3.66. The Bertz CT molecular complexity index is 400. The van der Waals surface area contributed by atoms with Crippen LogP contribution < -0.4 is 5.32 Å². The van der Waals surface area contributed by atoms with Crippen LogP contribution in [0.1, 0.15) is 45.1 Å².